The van der Waals surface area contributed by atoms with Crippen LogP contribution in [0, 0.1) is 0 Å². The third-order valence-corrected chi connectivity index (χ3v) is 2.80. The molecule has 1 aromatic rings. The fourth-order valence-electron chi connectivity index (χ4n) is 1.54. The van der Waals surface area contributed by atoms with Crippen LogP contribution >= 0.6 is 11.6 Å². The van der Waals surface area contributed by atoms with Gasteiger partial charge in [-0.3, -0.25) is 0 Å². The number of rotatable bonds is 6. The molecule has 0 bridgehead atoms. The van der Waals surface area contributed by atoms with Crippen LogP contribution in [0.4, 0.5) is 5.82 Å². The molecular weight excluding hydrogens is 222 g/mol. The fraction of sp³-hybridized carbons (Fsp3) is 0.667. The minimum atomic E-state index is 0.438. The second-order valence-corrected chi connectivity index (χ2v) is 4.46. The van der Waals surface area contributed by atoms with Crippen LogP contribution in [0.3, 0.4) is 0 Å². The Labute approximate surface area is 103 Å². The molecule has 0 spiro atoms. The van der Waals surface area contributed by atoms with Gasteiger partial charge < -0.3 is 4.90 Å². The molecule has 4 heteroatoms. The lowest BCUT2D eigenvalue weighted by molar-refractivity contribution is 0.763. The monoisotopic (exact) mass is 241 g/mol. The predicted molar refractivity (Wildman–Crippen MR) is 69.3 cm³/mol. The van der Waals surface area contributed by atoms with Gasteiger partial charge in [0.1, 0.15) is 12.1 Å². The lowest BCUT2D eigenvalue weighted by Gasteiger charge is -2.22. The van der Waals surface area contributed by atoms with Gasteiger partial charge in [0.05, 0.1) is 0 Å². The Kier molecular flexibility index (Phi) is 5.53. The summed E-state index contributed by atoms with van der Waals surface area (Å²) in [5.74, 6) is 2.14. The zero-order chi connectivity index (χ0) is 12.0. The molecule has 0 aromatic carbocycles. The van der Waals surface area contributed by atoms with Crippen molar-refractivity contribution in [3.05, 3.63) is 18.1 Å². The molecule has 0 amide bonds. The van der Waals surface area contributed by atoms with E-state index in [-0.39, 0.29) is 0 Å². The van der Waals surface area contributed by atoms with E-state index in [9.17, 15) is 0 Å². The molecule has 90 valence electrons. The van der Waals surface area contributed by atoms with Crippen molar-refractivity contribution in [2.24, 2.45) is 0 Å². The Morgan fingerprint density at radius 2 is 2.12 bits per heavy atom. The second kappa shape index (κ2) is 6.69. The summed E-state index contributed by atoms with van der Waals surface area (Å²) in [5.41, 5.74) is 1.09. The molecule has 1 heterocycles. The number of hydrogen-bond acceptors (Lipinski definition) is 3. The van der Waals surface area contributed by atoms with Crippen LogP contribution in [-0.2, 0) is 0 Å². The van der Waals surface area contributed by atoms with Crippen LogP contribution < -0.4 is 4.90 Å². The number of alkyl halides is 1. The molecule has 16 heavy (non-hydrogen) atoms. The van der Waals surface area contributed by atoms with Crippen molar-refractivity contribution in [3.63, 3.8) is 0 Å². The lowest BCUT2D eigenvalue weighted by Crippen LogP contribution is -2.25. The van der Waals surface area contributed by atoms with Crippen molar-refractivity contribution in [3.8, 4) is 0 Å². The maximum Gasteiger partial charge on any atom is 0.132 e. The largest absolute Gasteiger partial charge is 0.357 e. The van der Waals surface area contributed by atoms with Crippen LogP contribution in [0.5, 0.6) is 0 Å². The van der Waals surface area contributed by atoms with Gasteiger partial charge in [-0.25, -0.2) is 9.97 Å². The first-order chi connectivity index (χ1) is 7.69. The van der Waals surface area contributed by atoms with Crippen LogP contribution in [0.15, 0.2) is 12.4 Å². The maximum absolute atomic E-state index is 5.71. The zero-order valence-corrected chi connectivity index (χ0v) is 11.0. The number of anilines is 1. The molecule has 0 radical (unpaired) electrons. The van der Waals surface area contributed by atoms with E-state index >= 15 is 0 Å². The minimum Gasteiger partial charge on any atom is -0.357 e. The molecule has 0 aliphatic rings. The summed E-state index contributed by atoms with van der Waals surface area (Å²) in [5, 5.41) is 0. The Balaban J connectivity index is 2.79. The molecule has 0 saturated heterocycles. The van der Waals surface area contributed by atoms with Gasteiger partial charge >= 0.3 is 0 Å². The molecule has 1 aromatic heterocycles. The highest BCUT2D eigenvalue weighted by molar-refractivity contribution is 6.17. The smallest absolute Gasteiger partial charge is 0.132 e. The van der Waals surface area contributed by atoms with Gasteiger partial charge in [-0.05, 0) is 19.3 Å². The van der Waals surface area contributed by atoms with Crippen molar-refractivity contribution in [1.29, 1.82) is 0 Å². The summed E-state index contributed by atoms with van der Waals surface area (Å²) in [7, 11) is 0. The van der Waals surface area contributed by atoms with Crippen molar-refractivity contribution in [2.45, 2.75) is 33.1 Å². The lowest BCUT2D eigenvalue weighted by atomic mass is 10.1. The highest BCUT2D eigenvalue weighted by Crippen LogP contribution is 2.17. The third-order valence-electron chi connectivity index (χ3n) is 2.53. The average Bonchev–Trinajstić information content (AvgIpc) is 2.30. The molecule has 0 aliphatic carbocycles. The highest BCUT2D eigenvalue weighted by Gasteiger charge is 2.08. The number of hydrogen-bond donors (Lipinski definition) is 0. The molecular formula is C12H20ClN3. The summed E-state index contributed by atoms with van der Waals surface area (Å²) in [6.07, 6.45) is 2.63. The third kappa shape index (κ3) is 3.63. The second-order valence-electron chi connectivity index (χ2n) is 4.08. The van der Waals surface area contributed by atoms with E-state index in [2.05, 4.69) is 41.7 Å². The van der Waals surface area contributed by atoms with E-state index in [1.807, 2.05) is 0 Å². The Morgan fingerprint density at radius 3 is 2.69 bits per heavy atom. The summed E-state index contributed by atoms with van der Waals surface area (Å²) in [4.78, 5) is 10.8. The van der Waals surface area contributed by atoms with Gasteiger partial charge in [-0.2, -0.15) is 0 Å². The summed E-state index contributed by atoms with van der Waals surface area (Å²) in [6.45, 7) is 8.31. The van der Waals surface area contributed by atoms with E-state index in [4.69, 9.17) is 11.6 Å². The number of halogens is 1. The van der Waals surface area contributed by atoms with Gasteiger partial charge in [0.25, 0.3) is 0 Å². The van der Waals surface area contributed by atoms with Gasteiger partial charge in [0.15, 0.2) is 0 Å². The van der Waals surface area contributed by atoms with Crippen molar-refractivity contribution >= 4 is 17.4 Å². The first-order valence-electron chi connectivity index (χ1n) is 5.81. The first kappa shape index (κ1) is 13.2. The van der Waals surface area contributed by atoms with E-state index in [1.54, 1.807) is 6.33 Å². The van der Waals surface area contributed by atoms with Crippen LogP contribution in [0.2, 0.25) is 0 Å². The standard InChI is InChI=1S/C12H20ClN3/c1-4-16(7-5-6-13)12-8-11(10(2)3)14-9-15-12/h8-10H,4-7H2,1-3H3. The molecule has 0 unspecified atom stereocenters. The van der Waals surface area contributed by atoms with Gasteiger partial charge in [-0.1, -0.05) is 13.8 Å². The average molecular weight is 242 g/mol. The van der Waals surface area contributed by atoms with E-state index < -0.39 is 0 Å². The van der Waals surface area contributed by atoms with Crippen molar-refractivity contribution in [2.75, 3.05) is 23.9 Å². The molecule has 0 saturated carbocycles. The normalized spacial score (nSPS) is 10.8. The first-order valence-corrected chi connectivity index (χ1v) is 6.35. The van der Waals surface area contributed by atoms with E-state index in [0.717, 1.165) is 31.0 Å². The Morgan fingerprint density at radius 1 is 1.38 bits per heavy atom. The van der Waals surface area contributed by atoms with Gasteiger partial charge in [0, 0.05) is 30.7 Å². The van der Waals surface area contributed by atoms with Crippen molar-refractivity contribution in [1.82, 2.24) is 9.97 Å². The Bertz CT molecular complexity index is 315. The van der Waals surface area contributed by atoms with Gasteiger partial charge in [-0.15, -0.1) is 11.6 Å². The molecule has 3 nitrogen and oxygen atoms in total. The Hall–Kier alpha value is -0.830. The predicted octanol–water partition coefficient (Wildman–Crippen LogP) is 3.06. The summed E-state index contributed by atoms with van der Waals surface area (Å²) < 4.78 is 0. The molecule has 0 fully saturated rings. The maximum atomic E-state index is 5.71. The molecule has 0 N–H and O–H groups in total. The topological polar surface area (TPSA) is 29.0 Å². The molecule has 0 atom stereocenters. The van der Waals surface area contributed by atoms with Crippen LogP contribution in [-0.4, -0.2) is 28.9 Å². The van der Waals surface area contributed by atoms with Gasteiger partial charge in [0.2, 0.25) is 0 Å². The van der Waals surface area contributed by atoms with E-state index in [0.29, 0.717) is 11.8 Å². The molecule has 1 rings (SSSR count). The quantitative estimate of drug-likeness (QED) is 0.717. The van der Waals surface area contributed by atoms with E-state index in [1.165, 1.54) is 0 Å². The molecule has 0 aliphatic heterocycles. The van der Waals surface area contributed by atoms with Crippen molar-refractivity contribution < 1.29 is 0 Å². The minimum absolute atomic E-state index is 0.438. The van der Waals surface area contributed by atoms with Crippen LogP contribution in [0.1, 0.15) is 38.8 Å². The SMILES string of the molecule is CCN(CCCCl)c1cc(C(C)C)ncn1. The number of nitrogens with zero attached hydrogens (tertiary/aromatic N) is 3. The summed E-state index contributed by atoms with van der Waals surface area (Å²) >= 11 is 5.71. The van der Waals surface area contributed by atoms with Crippen LogP contribution in [0.25, 0.3) is 0 Å². The highest BCUT2D eigenvalue weighted by atomic mass is 35.5. The fourth-order valence-corrected chi connectivity index (χ4v) is 1.65. The zero-order valence-electron chi connectivity index (χ0n) is 10.3. The number of aromatic nitrogens is 2. The summed E-state index contributed by atoms with van der Waals surface area (Å²) in [6, 6.07) is 2.07.